The number of fused-ring (bicyclic) bond motifs is 5. The molecule has 3 aliphatic rings. The van der Waals surface area contributed by atoms with Gasteiger partial charge in [0, 0.05) is 5.56 Å². The van der Waals surface area contributed by atoms with Gasteiger partial charge in [-0.3, -0.25) is 19.3 Å². The van der Waals surface area contributed by atoms with Crippen molar-refractivity contribution in [1.29, 1.82) is 0 Å². The van der Waals surface area contributed by atoms with Crippen LogP contribution in [0.2, 0.25) is 0 Å². The van der Waals surface area contributed by atoms with Crippen molar-refractivity contribution in [3.05, 3.63) is 102 Å². The number of rotatable bonds is 6. The van der Waals surface area contributed by atoms with Crippen LogP contribution in [-0.2, 0) is 14.3 Å². The summed E-state index contributed by atoms with van der Waals surface area (Å²) in [5.74, 6) is -1.30. The van der Waals surface area contributed by atoms with Gasteiger partial charge in [-0.05, 0) is 54.4 Å². The number of esters is 1. The van der Waals surface area contributed by atoms with Crippen LogP contribution in [0.3, 0.4) is 0 Å². The van der Waals surface area contributed by atoms with Gasteiger partial charge in [0.15, 0.2) is 12.4 Å². The highest BCUT2D eigenvalue weighted by molar-refractivity contribution is 6.23. The summed E-state index contributed by atoms with van der Waals surface area (Å²) in [6.45, 7) is -0.386. The summed E-state index contributed by atoms with van der Waals surface area (Å²) < 4.78 is 5.22. The second-order valence-corrected chi connectivity index (χ2v) is 9.89. The van der Waals surface area contributed by atoms with E-state index in [4.69, 9.17) is 4.74 Å². The van der Waals surface area contributed by atoms with Gasteiger partial charge in [-0.2, -0.15) is 0 Å². The van der Waals surface area contributed by atoms with Crippen molar-refractivity contribution in [1.82, 2.24) is 0 Å². The van der Waals surface area contributed by atoms with E-state index >= 15 is 0 Å². The maximum absolute atomic E-state index is 13.6. The molecule has 5 atom stereocenters. The summed E-state index contributed by atoms with van der Waals surface area (Å²) in [5, 5.41) is 0. The molecule has 6 rings (SSSR count). The number of hydrogen-bond acceptors (Lipinski definition) is 5. The van der Waals surface area contributed by atoms with Gasteiger partial charge in [0.25, 0.3) is 0 Å². The molecule has 180 valence electrons. The molecule has 2 bridgehead atoms. The monoisotopic (exact) mass is 479 g/mol. The van der Waals surface area contributed by atoms with E-state index in [0.29, 0.717) is 11.3 Å². The number of carbonyl (C=O) groups excluding carboxylic acids is 4. The van der Waals surface area contributed by atoms with E-state index in [9.17, 15) is 19.2 Å². The Labute approximate surface area is 208 Å². The molecular formula is C30H25NO5. The molecule has 2 aliphatic carbocycles. The number of imide groups is 1. The molecule has 0 N–H and O–H groups in total. The van der Waals surface area contributed by atoms with E-state index < -0.39 is 5.97 Å². The lowest BCUT2D eigenvalue weighted by Gasteiger charge is -2.28. The predicted molar refractivity (Wildman–Crippen MR) is 132 cm³/mol. The summed E-state index contributed by atoms with van der Waals surface area (Å²) in [6.07, 6.45) is 1.83. The molecule has 1 saturated heterocycles. The number of hydrogen-bond donors (Lipinski definition) is 0. The zero-order valence-corrected chi connectivity index (χ0v) is 19.6. The Morgan fingerprint density at radius 1 is 0.778 bits per heavy atom. The Balaban J connectivity index is 1.19. The molecule has 6 nitrogen and oxygen atoms in total. The van der Waals surface area contributed by atoms with Gasteiger partial charge in [0.05, 0.1) is 23.1 Å². The highest BCUT2D eigenvalue weighted by Crippen LogP contribution is 2.61. The lowest BCUT2D eigenvalue weighted by atomic mass is 9.73. The van der Waals surface area contributed by atoms with Crippen molar-refractivity contribution in [2.45, 2.75) is 18.8 Å². The number of ketones is 1. The second kappa shape index (κ2) is 8.86. The van der Waals surface area contributed by atoms with Gasteiger partial charge < -0.3 is 4.74 Å². The van der Waals surface area contributed by atoms with Gasteiger partial charge >= 0.3 is 5.97 Å². The van der Waals surface area contributed by atoms with Gasteiger partial charge in [-0.1, -0.05) is 66.7 Å². The van der Waals surface area contributed by atoms with Crippen molar-refractivity contribution in [2.75, 3.05) is 11.5 Å². The summed E-state index contributed by atoms with van der Waals surface area (Å²) in [4.78, 5) is 53.2. The Bertz CT molecular complexity index is 1350. The molecule has 0 spiro atoms. The van der Waals surface area contributed by atoms with Crippen LogP contribution in [0, 0.1) is 23.7 Å². The third-order valence-electron chi connectivity index (χ3n) is 8.01. The lowest BCUT2D eigenvalue weighted by Crippen LogP contribution is -2.33. The van der Waals surface area contributed by atoms with Crippen molar-refractivity contribution in [2.24, 2.45) is 23.7 Å². The first-order valence-corrected chi connectivity index (χ1v) is 12.3. The van der Waals surface area contributed by atoms with Gasteiger partial charge in [-0.15, -0.1) is 0 Å². The fourth-order valence-electron chi connectivity index (χ4n) is 6.49. The molecule has 1 heterocycles. The maximum Gasteiger partial charge on any atom is 0.338 e. The Morgan fingerprint density at radius 3 is 2.19 bits per heavy atom. The van der Waals surface area contributed by atoms with Crippen LogP contribution < -0.4 is 4.90 Å². The number of nitrogens with zero attached hydrogens (tertiary/aromatic N) is 1. The number of ether oxygens (including phenoxy) is 1. The summed E-state index contributed by atoms with van der Waals surface area (Å²) in [6, 6.07) is 25.2. The van der Waals surface area contributed by atoms with Crippen molar-refractivity contribution in [3.63, 3.8) is 0 Å². The average molecular weight is 480 g/mol. The van der Waals surface area contributed by atoms with Crippen LogP contribution in [-0.4, -0.2) is 30.2 Å². The Morgan fingerprint density at radius 2 is 1.44 bits per heavy atom. The molecular weight excluding hydrogens is 454 g/mol. The van der Waals surface area contributed by atoms with Gasteiger partial charge in [0.2, 0.25) is 11.8 Å². The number of anilines is 1. The number of benzene rings is 3. The van der Waals surface area contributed by atoms with Crippen LogP contribution >= 0.6 is 0 Å². The highest BCUT2D eigenvalue weighted by atomic mass is 16.5. The SMILES string of the molecule is O=C(COC(=O)c1cccc(N2C(=O)[C@@H]3[C@@H]4C[C@@H]([C@@H]3C2=O)[C@H](c2ccccc2)C4)c1)c1ccccc1. The predicted octanol–water partition coefficient (Wildman–Crippen LogP) is 4.66. The van der Waals surface area contributed by atoms with Crippen molar-refractivity contribution >= 4 is 29.3 Å². The van der Waals surface area contributed by atoms with E-state index in [1.54, 1.807) is 48.5 Å². The lowest BCUT2D eigenvalue weighted by molar-refractivity contribution is -0.123. The van der Waals surface area contributed by atoms with E-state index in [1.165, 1.54) is 16.5 Å². The quantitative estimate of drug-likeness (QED) is 0.292. The minimum atomic E-state index is -0.676. The molecule has 6 heteroatoms. The average Bonchev–Trinajstić information content (AvgIpc) is 3.59. The molecule has 1 aliphatic heterocycles. The van der Waals surface area contributed by atoms with Crippen LogP contribution in [0.5, 0.6) is 0 Å². The molecule has 3 fully saturated rings. The molecule has 36 heavy (non-hydrogen) atoms. The first-order valence-electron chi connectivity index (χ1n) is 12.3. The molecule has 3 aromatic carbocycles. The minimum absolute atomic E-state index is 0.154. The largest absolute Gasteiger partial charge is 0.454 e. The zero-order valence-electron chi connectivity index (χ0n) is 19.6. The highest BCUT2D eigenvalue weighted by Gasteiger charge is 2.64. The summed E-state index contributed by atoms with van der Waals surface area (Å²) in [5.41, 5.74) is 2.26. The van der Waals surface area contributed by atoms with E-state index in [0.717, 1.165) is 12.8 Å². The fraction of sp³-hybridized carbons (Fsp3) is 0.267. The number of Topliss-reactive ketones (excluding diaryl/α,β-unsaturated/α-hetero) is 1. The van der Waals surface area contributed by atoms with Gasteiger partial charge in [-0.25, -0.2) is 4.79 Å². The van der Waals surface area contributed by atoms with Crippen LogP contribution in [0.25, 0.3) is 0 Å². The Kier molecular flexibility index (Phi) is 5.52. The first-order chi connectivity index (χ1) is 17.5. The minimum Gasteiger partial charge on any atom is -0.454 e. The fourth-order valence-corrected chi connectivity index (χ4v) is 6.49. The first kappa shape index (κ1) is 22.4. The number of amides is 2. The third kappa shape index (κ3) is 3.65. The molecule has 2 amide bonds. The summed E-state index contributed by atoms with van der Waals surface area (Å²) in [7, 11) is 0. The second-order valence-electron chi connectivity index (χ2n) is 9.89. The smallest absolute Gasteiger partial charge is 0.338 e. The van der Waals surface area contributed by atoms with Crippen molar-refractivity contribution < 1.29 is 23.9 Å². The van der Waals surface area contributed by atoms with Crippen molar-refractivity contribution in [3.8, 4) is 0 Å². The van der Waals surface area contributed by atoms with E-state index in [-0.39, 0.29) is 59.4 Å². The number of carbonyl (C=O) groups is 4. The summed E-state index contributed by atoms with van der Waals surface area (Å²) >= 11 is 0. The van der Waals surface area contributed by atoms with Crippen LogP contribution in [0.1, 0.15) is 45.0 Å². The third-order valence-corrected chi connectivity index (χ3v) is 8.01. The Hall–Kier alpha value is -4.06. The molecule has 0 unspecified atom stereocenters. The molecule has 0 aromatic heterocycles. The van der Waals surface area contributed by atoms with Gasteiger partial charge in [0.1, 0.15) is 0 Å². The normalized spacial score (nSPS) is 26.2. The zero-order chi connectivity index (χ0) is 24.8. The topological polar surface area (TPSA) is 80.8 Å². The molecule has 3 aromatic rings. The standard InChI is InChI=1S/C30H25NO5/c32-25(19-10-5-2-6-11-19)17-36-30(35)20-12-7-13-22(14-20)31-28(33)26-21-15-23(18-8-3-1-4-9-18)24(16-21)27(26)29(31)34/h1-14,21,23-24,26-27H,15-17H2/t21-,23-,24+,26+,27-/m0/s1. The van der Waals surface area contributed by atoms with E-state index in [2.05, 4.69) is 12.1 Å². The molecule has 2 saturated carbocycles. The van der Waals surface area contributed by atoms with Crippen LogP contribution in [0.15, 0.2) is 84.9 Å². The molecule has 0 radical (unpaired) electrons. The van der Waals surface area contributed by atoms with Crippen LogP contribution in [0.4, 0.5) is 5.69 Å². The van der Waals surface area contributed by atoms with E-state index in [1.807, 2.05) is 18.2 Å². The maximum atomic E-state index is 13.6.